The van der Waals surface area contributed by atoms with Gasteiger partial charge in [-0.25, -0.2) is 0 Å². The van der Waals surface area contributed by atoms with Crippen molar-refractivity contribution < 1.29 is 54.8 Å². The molecule has 0 radical (unpaired) electrons. The third kappa shape index (κ3) is 2.66. The fourth-order valence-corrected chi connectivity index (χ4v) is 6.84. The summed E-state index contributed by atoms with van der Waals surface area (Å²) in [5.41, 5.74) is -1.64. The Balaban J connectivity index is 0.00000210. The predicted octanol–water partition coefficient (Wildman–Crippen LogP) is -1.24. The van der Waals surface area contributed by atoms with Crippen molar-refractivity contribution in [3.05, 3.63) is 35.8 Å². The predicted molar refractivity (Wildman–Crippen MR) is 93.7 cm³/mol. The van der Waals surface area contributed by atoms with Crippen molar-refractivity contribution in [3.8, 4) is 0 Å². The standard InChI is InChI=1S/C21H28O5.Na/c1-19-7-5-13(23)9-12(19)3-4-14-15-6-8-21(26,17(25)11-22)20(15,2)10-16(24)18(14)19;/h5,7,9,11,14-16,18,22,24-26H,3-4,6,8,10H2,1-2H3;/q;+1/p-1/b17-11+;/t14-,15-,16-,18+,19-,20-,21-;/m0./s1. The van der Waals surface area contributed by atoms with Gasteiger partial charge in [0.25, 0.3) is 0 Å². The summed E-state index contributed by atoms with van der Waals surface area (Å²) < 4.78 is 0. The first-order chi connectivity index (χ1) is 12.2. The van der Waals surface area contributed by atoms with Crippen LogP contribution in [0, 0.1) is 28.6 Å². The molecule has 4 aliphatic rings. The van der Waals surface area contributed by atoms with Crippen LogP contribution in [-0.4, -0.2) is 32.8 Å². The fourth-order valence-electron chi connectivity index (χ4n) is 6.84. The molecule has 5 nitrogen and oxygen atoms in total. The van der Waals surface area contributed by atoms with E-state index in [4.69, 9.17) is 0 Å². The van der Waals surface area contributed by atoms with Gasteiger partial charge in [0.1, 0.15) is 0 Å². The topological polar surface area (TPSA) is 101 Å². The van der Waals surface area contributed by atoms with Crippen LogP contribution in [0.5, 0.6) is 0 Å². The molecule has 27 heavy (non-hydrogen) atoms. The fraction of sp³-hybridized carbons (Fsp3) is 0.667. The third-order valence-electron chi connectivity index (χ3n) is 8.17. The number of aliphatic hydroxyl groups is 3. The summed E-state index contributed by atoms with van der Waals surface area (Å²) in [6.45, 7) is 3.98. The van der Waals surface area contributed by atoms with E-state index >= 15 is 0 Å². The molecule has 7 atom stereocenters. The van der Waals surface area contributed by atoms with Crippen molar-refractivity contribution in [2.45, 2.75) is 57.7 Å². The molecule has 0 aromatic carbocycles. The molecule has 3 saturated carbocycles. The molecule has 3 fully saturated rings. The molecule has 0 spiro atoms. The second-order valence-electron chi connectivity index (χ2n) is 9.10. The molecule has 0 aliphatic heterocycles. The Morgan fingerprint density at radius 2 is 2.04 bits per heavy atom. The first kappa shape index (κ1) is 21.1. The molecule has 0 heterocycles. The Kier molecular flexibility index (Phi) is 5.27. The van der Waals surface area contributed by atoms with E-state index in [-0.39, 0.29) is 58.5 Å². The van der Waals surface area contributed by atoms with Crippen LogP contribution in [-0.2, 0) is 4.79 Å². The molecular weight excluding hydrogens is 355 g/mol. The number of aliphatic hydroxyl groups excluding tert-OH is 2. The van der Waals surface area contributed by atoms with Gasteiger partial charge in [0.15, 0.2) is 5.78 Å². The number of carbonyl (C=O) groups is 1. The first-order valence-electron chi connectivity index (χ1n) is 9.54. The molecule has 0 unspecified atom stereocenters. The Morgan fingerprint density at radius 3 is 2.70 bits per heavy atom. The van der Waals surface area contributed by atoms with Gasteiger partial charge in [0.05, 0.1) is 18.0 Å². The van der Waals surface area contributed by atoms with Crippen molar-refractivity contribution in [1.29, 1.82) is 0 Å². The molecule has 4 aliphatic carbocycles. The van der Waals surface area contributed by atoms with Gasteiger partial charge in [-0.1, -0.05) is 31.3 Å². The van der Waals surface area contributed by atoms with E-state index in [2.05, 4.69) is 6.92 Å². The maximum atomic E-state index is 12.3. The van der Waals surface area contributed by atoms with Gasteiger partial charge in [-0.3, -0.25) is 4.79 Å². The van der Waals surface area contributed by atoms with Gasteiger partial charge in [0, 0.05) is 16.7 Å². The van der Waals surface area contributed by atoms with Gasteiger partial charge in [-0.2, -0.15) is 0 Å². The van der Waals surface area contributed by atoms with Crippen molar-refractivity contribution in [2.24, 2.45) is 28.6 Å². The molecule has 0 bridgehead atoms. The van der Waals surface area contributed by atoms with Crippen LogP contribution < -0.4 is 34.7 Å². The maximum absolute atomic E-state index is 12.3. The number of rotatable bonds is 1. The van der Waals surface area contributed by atoms with Gasteiger partial charge in [-0.15, -0.1) is 0 Å². The minimum atomic E-state index is -1.62. The quantitative estimate of drug-likeness (QED) is 0.389. The Bertz CT molecular complexity index is 743. The molecule has 142 valence electrons. The van der Waals surface area contributed by atoms with Crippen molar-refractivity contribution >= 4 is 5.78 Å². The number of allylic oxidation sites excluding steroid dienone is 4. The van der Waals surface area contributed by atoms with Gasteiger partial charge in [-0.05, 0) is 56.1 Å². The second-order valence-corrected chi connectivity index (χ2v) is 9.10. The number of ketones is 1. The Morgan fingerprint density at radius 1 is 1.33 bits per heavy atom. The van der Waals surface area contributed by atoms with E-state index in [1.807, 2.05) is 13.0 Å². The summed E-state index contributed by atoms with van der Waals surface area (Å²) in [7, 11) is 0. The molecule has 3 N–H and O–H groups in total. The van der Waals surface area contributed by atoms with Gasteiger partial charge >= 0.3 is 29.6 Å². The Labute approximate surface area is 182 Å². The smallest absolute Gasteiger partial charge is 0.871 e. The monoisotopic (exact) mass is 382 g/mol. The zero-order valence-corrected chi connectivity index (χ0v) is 18.3. The second kappa shape index (κ2) is 6.74. The third-order valence-corrected chi connectivity index (χ3v) is 8.17. The minimum absolute atomic E-state index is 0. The summed E-state index contributed by atoms with van der Waals surface area (Å²) >= 11 is 0. The average Bonchev–Trinajstić information content (AvgIpc) is 2.86. The number of carbonyl (C=O) groups excluding carboxylic acids is 1. The van der Waals surface area contributed by atoms with Crippen LogP contribution in [0.2, 0.25) is 0 Å². The van der Waals surface area contributed by atoms with Gasteiger partial charge < -0.3 is 20.4 Å². The average molecular weight is 382 g/mol. The van der Waals surface area contributed by atoms with Crippen LogP contribution in [0.4, 0.5) is 0 Å². The number of hydrogen-bond donors (Lipinski definition) is 3. The van der Waals surface area contributed by atoms with Crippen LogP contribution in [0.3, 0.4) is 0 Å². The number of fused-ring (bicyclic) bond motifs is 5. The molecule has 0 aromatic heterocycles. The van der Waals surface area contributed by atoms with E-state index < -0.39 is 22.9 Å². The molecule has 0 aromatic rings. The summed E-state index contributed by atoms with van der Waals surface area (Å²) in [4.78, 5) is 11.8. The molecule has 6 heteroatoms. The van der Waals surface area contributed by atoms with E-state index in [9.17, 15) is 25.2 Å². The van der Waals surface area contributed by atoms with Gasteiger partial charge in [0.2, 0.25) is 0 Å². The van der Waals surface area contributed by atoms with Crippen LogP contribution in [0.25, 0.3) is 0 Å². The molecule has 0 amide bonds. The van der Waals surface area contributed by atoms with Crippen molar-refractivity contribution in [2.75, 3.05) is 0 Å². The molecular formula is C21H27NaO5. The van der Waals surface area contributed by atoms with E-state index in [0.29, 0.717) is 25.5 Å². The van der Waals surface area contributed by atoms with E-state index in [1.165, 1.54) is 0 Å². The van der Waals surface area contributed by atoms with E-state index in [0.717, 1.165) is 18.4 Å². The minimum Gasteiger partial charge on any atom is -0.871 e. The number of hydrogen-bond acceptors (Lipinski definition) is 5. The Hall–Kier alpha value is -0.590. The van der Waals surface area contributed by atoms with Crippen molar-refractivity contribution in [1.82, 2.24) is 0 Å². The molecule has 4 rings (SSSR count). The summed E-state index contributed by atoms with van der Waals surface area (Å²) in [5.74, 6) is -0.400. The zero-order valence-electron chi connectivity index (χ0n) is 16.3. The summed E-state index contributed by atoms with van der Waals surface area (Å²) in [6, 6.07) is 0. The largest absolute Gasteiger partial charge is 1.00 e. The van der Waals surface area contributed by atoms with Crippen LogP contribution >= 0.6 is 0 Å². The zero-order chi connectivity index (χ0) is 18.9. The van der Waals surface area contributed by atoms with E-state index in [1.54, 1.807) is 12.2 Å². The van der Waals surface area contributed by atoms with Crippen LogP contribution in [0.15, 0.2) is 35.8 Å². The van der Waals surface area contributed by atoms with Crippen molar-refractivity contribution in [3.63, 3.8) is 0 Å². The summed E-state index contributed by atoms with van der Waals surface area (Å²) in [6.07, 6.45) is 8.04. The summed E-state index contributed by atoms with van der Waals surface area (Å²) in [5, 5.41) is 43.8. The SMILES string of the molecule is C[C@]12C=CC(=O)C=C1CC[C@@H]1[C@@H]2[C@@H](O)C[C@@]2(C)[C@H]1CC[C@]2(O)/C([O-])=C\O.[Na+]. The first-order valence-corrected chi connectivity index (χ1v) is 9.54. The van der Waals surface area contributed by atoms with Crippen LogP contribution in [0.1, 0.15) is 46.0 Å². The molecule has 0 saturated heterocycles. The maximum Gasteiger partial charge on any atom is 1.00 e. The normalized spacial score (nSPS) is 48.8.